The van der Waals surface area contributed by atoms with Gasteiger partial charge in [0.2, 0.25) is 0 Å². The van der Waals surface area contributed by atoms with Gasteiger partial charge in [-0.15, -0.1) is 0 Å². The smallest absolute Gasteiger partial charge is 0.155 e. The molecule has 32 heavy (non-hydrogen) atoms. The van der Waals surface area contributed by atoms with E-state index in [-0.39, 0.29) is 0 Å². The lowest BCUT2D eigenvalue weighted by molar-refractivity contribution is -0.122. The van der Waals surface area contributed by atoms with E-state index in [4.69, 9.17) is 14.6 Å². The van der Waals surface area contributed by atoms with Crippen LogP contribution in [0.2, 0.25) is 0 Å². The van der Waals surface area contributed by atoms with Gasteiger partial charge in [0.1, 0.15) is 5.75 Å². The van der Waals surface area contributed by atoms with E-state index in [1.54, 1.807) is 7.11 Å². The third-order valence-corrected chi connectivity index (χ3v) is 5.34. The summed E-state index contributed by atoms with van der Waals surface area (Å²) in [4.78, 5) is 10.9. The van der Waals surface area contributed by atoms with Gasteiger partial charge in [-0.25, -0.2) is 10.1 Å². The maximum absolute atomic E-state index is 5.97. The lowest BCUT2D eigenvalue weighted by Gasteiger charge is -2.28. The number of aryl methyl sites for hydroxylation is 1. The van der Waals surface area contributed by atoms with Crippen molar-refractivity contribution in [2.24, 2.45) is 4.99 Å². The number of amidine groups is 1. The van der Waals surface area contributed by atoms with Crippen molar-refractivity contribution in [3.63, 3.8) is 0 Å². The number of hydroxylamine groups is 2. The average molecular weight is 428 g/mol. The lowest BCUT2D eigenvalue weighted by Crippen LogP contribution is -2.35. The van der Waals surface area contributed by atoms with Crippen molar-refractivity contribution in [2.45, 2.75) is 19.8 Å². The molecule has 0 saturated carbocycles. The Labute approximate surface area is 190 Å². The summed E-state index contributed by atoms with van der Waals surface area (Å²) in [5, 5.41) is 5.49. The Morgan fingerprint density at radius 1 is 0.969 bits per heavy atom. The van der Waals surface area contributed by atoms with Gasteiger partial charge >= 0.3 is 0 Å². The van der Waals surface area contributed by atoms with E-state index in [0.29, 0.717) is 6.61 Å². The maximum Gasteiger partial charge on any atom is 0.155 e. The van der Waals surface area contributed by atoms with Crippen LogP contribution in [-0.2, 0) is 4.84 Å². The number of hydrogen-bond donors (Lipinski definition) is 1. The second kappa shape index (κ2) is 10.6. The maximum atomic E-state index is 5.97. The number of rotatable bonds is 6. The normalized spacial score (nSPS) is 14.9. The first-order chi connectivity index (χ1) is 15.7. The van der Waals surface area contributed by atoms with Crippen LogP contribution in [0.5, 0.6) is 5.75 Å². The highest BCUT2D eigenvalue weighted by Crippen LogP contribution is 2.25. The predicted octanol–water partition coefficient (Wildman–Crippen LogP) is 6.21. The molecule has 1 saturated heterocycles. The molecule has 0 bridgehead atoms. The number of ether oxygens (including phenoxy) is 1. The van der Waals surface area contributed by atoms with Crippen LogP contribution >= 0.6 is 0 Å². The Morgan fingerprint density at radius 2 is 1.72 bits per heavy atom. The van der Waals surface area contributed by atoms with E-state index in [0.717, 1.165) is 53.6 Å². The van der Waals surface area contributed by atoms with Gasteiger partial charge in [-0.3, -0.25) is 4.84 Å². The van der Waals surface area contributed by atoms with Crippen LogP contribution < -0.4 is 10.1 Å². The Hall–Kier alpha value is -3.57. The van der Waals surface area contributed by atoms with Crippen molar-refractivity contribution in [1.29, 1.82) is 0 Å². The predicted molar refractivity (Wildman–Crippen MR) is 131 cm³/mol. The number of nitrogens with zero attached hydrogens (tertiary/aromatic N) is 2. The number of hydrogen-bond acceptors (Lipinski definition) is 4. The molecule has 1 fully saturated rings. The molecule has 1 heterocycles. The molecule has 164 valence electrons. The van der Waals surface area contributed by atoms with Crippen molar-refractivity contribution in [2.75, 3.05) is 25.6 Å². The topological polar surface area (TPSA) is 46.1 Å². The molecule has 5 nitrogen and oxygen atoms in total. The number of para-hydroxylation sites is 1. The zero-order valence-electron chi connectivity index (χ0n) is 18.6. The third-order valence-electron chi connectivity index (χ3n) is 5.34. The summed E-state index contributed by atoms with van der Waals surface area (Å²) in [6.45, 7) is 3.63. The van der Waals surface area contributed by atoms with Gasteiger partial charge in [-0.1, -0.05) is 42.5 Å². The molecular weight excluding hydrogens is 398 g/mol. The SMILES string of the molecule is COc1ccc(NC(=CC(=Nc2ccccc2)N2CCCCO2)c2ccccc2C)cc1. The summed E-state index contributed by atoms with van der Waals surface area (Å²) in [7, 11) is 1.67. The molecule has 4 rings (SSSR count). The minimum Gasteiger partial charge on any atom is -0.497 e. The number of methoxy groups -OCH3 is 1. The standard InChI is InChI=1S/C27H29N3O2/c1-21-10-6-7-13-25(21)26(28-23-14-16-24(31-2)17-15-23)20-27(30-18-8-9-19-32-30)29-22-11-4-3-5-12-22/h3-7,10-17,20,28H,8-9,18-19H2,1-2H3. The molecule has 3 aromatic rings. The van der Waals surface area contributed by atoms with Crippen LogP contribution in [0.15, 0.2) is 89.9 Å². The Balaban J connectivity index is 1.77. The number of anilines is 1. The van der Waals surface area contributed by atoms with Crippen LogP contribution in [0.25, 0.3) is 5.70 Å². The van der Waals surface area contributed by atoms with Gasteiger partial charge in [0.15, 0.2) is 5.84 Å². The molecule has 0 amide bonds. The van der Waals surface area contributed by atoms with Crippen molar-refractivity contribution >= 4 is 22.9 Å². The molecule has 0 atom stereocenters. The highest BCUT2D eigenvalue weighted by Gasteiger charge is 2.17. The van der Waals surface area contributed by atoms with Crippen molar-refractivity contribution in [3.8, 4) is 5.75 Å². The number of aliphatic imine (C=N–C) groups is 1. The molecule has 0 radical (unpaired) electrons. The quantitative estimate of drug-likeness (QED) is 0.375. The molecule has 3 aromatic carbocycles. The third kappa shape index (κ3) is 5.56. The highest BCUT2D eigenvalue weighted by molar-refractivity contribution is 6.02. The van der Waals surface area contributed by atoms with Gasteiger partial charge < -0.3 is 10.1 Å². The monoisotopic (exact) mass is 427 g/mol. The zero-order valence-corrected chi connectivity index (χ0v) is 18.6. The van der Waals surface area contributed by atoms with E-state index < -0.39 is 0 Å². The molecule has 1 aliphatic heterocycles. The minimum absolute atomic E-state index is 0.702. The summed E-state index contributed by atoms with van der Waals surface area (Å²) in [6, 6.07) is 26.2. The molecule has 0 aliphatic carbocycles. The largest absolute Gasteiger partial charge is 0.497 e. The number of nitrogens with one attached hydrogen (secondary N) is 1. The molecule has 0 aromatic heterocycles. The van der Waals surface area contributed by atoms with Crippen LogP contribution in [-0.4, -0.2) is 31.2 Å². The Kier molecular flexibility index (Phi) is 7.20. The fraction of sp³-hybridized carbons (Fsp3) is 0.222. The Morgan fingerprint density at radius 3 is 2.41 bits per heavy atom. The first-order valence-corrected chi connectivity index (χ1v) is 11.0. The van der Waals surface area contributed by atoms with Crippen molar-refractivity contribution in [3.05, 3.63) is 96.1 Å². The van der Waals surface area contributed by atoms with Gasteiger partial charge in [-0.05, 0) is 61.7 Å². The summed E-state index contributed by atoms with van der Waals surface area (Å²) in [6.07, 6.45) is 4.21. The molecule has 0 unspecified atom stereocenters. The van der Waals surface area contributed by atoms with E-state index in [2.05, 4.69) is 42.6 Å². The lowest BCUT2D eigenvalue weighted by atomic mass is 10.0. The fourth-order valence-corrected chi connectivity index (χ4v) is 3.59. The average Bonchev–Trinajstić information content (AvgIpc) is 2.85. The fourth-order valence-electron chi connectivity index (χ4n) is 3.59. The summed E-state index contributed by atoms with van der Waals surface area (Å²) >= 11 is 0. The molecule has 1 N–H and O–H groups in total. The van der Waals surface area contributed by atoms with Crippen LogP contribution in [0, 0.1) is 6.92 Å². The second-order valence-corrected chi connectivity index (χ2v) is 7.67. The van der Waals surface area contributed by atoms with E-state index in [1.807, 2.05) is 59.7 Å². The summed E-state index contributed by atoms with van der Waals surface area (Å²) in [5.74, 6) is 1.60. The van der Waals surface area contributed by atoms with Gasteiger partial charge in [0, 0.05) is 29.6 Å². The minimum atomic E-state index is 0.702. The summed E-state index contributed by atoms with van der Waals surface area (Å²) < 4.78 is 5.30. The van der Waals surface area contributed by atoms with Crippen molar-refractivity contribution in [1.82, 2.24) is 5.06 Å². The number of benzene rings is 3. The second-order valence-electron chi connectivity index (χ2n) is 7.67. The van der Waals surface area contributed by atoms with Gasteiger partial charge in [-0.2, -0.15) is 0 Å². The first kappa shape index (κ1) is 21.7. The first-order valence-electron chi connectivity index (χ1n) is 11.0. The van der Waals surface area contributed by atoms with Gasteiger partial charge in [0.25, 0.3) is 0 Å². The zero-order chi connectivity index (χ0) is 22.2. The summed E-state index contributed by atoms with van der Waals surface area (Å²) in [5.41, 5.74) is 5.11. The molecule has 5 heteroatoms. The van der Waals surface area contributed by atoms with E-state index >= 15 is 0 Å². The molecule has 0 spiro atoms. The highest BCUT2D eigenvalue weighted by atomic mass is 16.7. The van der Waals surface area contributed by atoms with Crippen molar-refractivity contribution < 1.29 is 9.57 Å². The molecular formula is C27H29N3O2. The molecule has 1 aliphatic rings. The van der Waals surface area contributed by atoms with Crippen LogP contribution in [0.3, 0.4) is 0 Å². The van der Waals surface area contributed by atoms with E-state index in [9.17, 15) is 0 Å². The van der Waals surface area contributed by atoms with E-state index in [1.165, 1.54) is 5.56 Å². The van der Waals surface area contributed by atoms with Gasteiger partial charge in [0.05, 0.1) is 19.4 Å². The van der Waals surface area contributed by atoms with Crippen LogP contribution in [0.1, 0.15) is 24.0 Å². The Bertz CT molecular complexity index is 1070. The van der Waals surface area contributed by atoms with Crippen LogP contribution in [0.4, 0.5) is 11.4 Å².